The van der Waals surface area contributed by atoms with Gasteiger partial charge in [-0.2, -0.15) is 0 Å². The lowest BCUT2D eigenvalue weighted by molar-refractivity contribution is -0.137. The molecule has 0 saturated heterocycles. The van der Waals surface area contributed by atoms with Gasteiger partial charge >= 0.3 is 5.97 Å². The highest BCUT2D eigenvalue weighted by Gasteiger charge is 2.17. The standard InChI is InChI=1S/C12H14N2O3/c1-2-5-10(12(16)17)14-9-7-4-3-6-8(9)11(13)15/h2-4,6-7,10,14H,1,5H2,(H2,13,15)(H,16,17). The van der Waals surface area contributed by atoms with E-state index in [2.05, 4.69) is 11.9 Å². The SMILES string of the molecule is C=CCC(Nc1ccccc1C(N)=O)C(=O)O. The normalized spacial score (nSPS) is 11.5. The summed E-state index contributed by atoms with van der Waals surface area (Å²) < 4.78 is 0. The molecule has 0 radical (unpaired) electrons. The molecule has 5 heteroatoms. The van der Waals surface area contributed by atoms with Crippen molar-refractivity contribution < 1.29 is 14.7 Å². The second-order valence-electron chi connectivity index (χ2n) is 3.47. The summed E-state index contributed by atoms with van der Waals surface area (Å²) in [6.07, 6.45) is 1.75. The van der Waals surface area contributed by atoms with Crippen molar-refractivity contribution in [1.29, 1.82) is 0 Å². The predicted octanol–water partition coefficient (Wildman–Crippen LogP) is 1.23. The zero-order valence-corrected chi connectivity index (χ0v) is 9.22. The quantitative estimate of drug-likeness (QED) is 0.645. The van der Waals surface area contributed by atoms with Crippen LogP contribution in [-0.2, 0) is 4.79 Å². The van der Waals surface area contributed by atoms with E-state index in [1.165, 1.54) is 12.1 Å². The van der Waals surface area contributed by atoms with Gasteiger partial charge in [0.15, 0.2) is 0 Å². The number of anilines is 1. The number of nitrogens with two attached hydrogens (primary N) is 1. The van der Waals surface area contributed by atoms with Crippen LogP contribution in [0.3, 0.4) is 0 Å². The maximum atomic E-state index is 11.1. The van der Waals surface area contributed by atoms with E-state index in [9.17, 15) is 9.59 Å². The van der Waals surface area contributed by atoms with Gasteiger partial charge in [-0.3, -0.25) is 4.79 Å². The van der Waals surface area contributed by atoms with Gasteiger partial charge in [-0.1, -0.05) is 18.2 Å². The third-order valence-corrected chi connectivity index (χ3v) is 2.22. The van der Waals surface area contributed by atoms with Crippen LogP contribution in [0.25, 0.3) is 0 Å². The maximum absolute atomic E-state index is 11.1. The number of carboxylic acids is 1. The van der Waals surface area contributed by atoms with Gasteiger partial charge in [0.25, 0.3) is 5.91 Å². The molecule has 1 aromatic carbocycles. The highest BCUT2D eigenvalue weighted by atomic mass is 16.4. The molecule has 0 aliphatic heterocycles. The summed E-state index contributed by atoms with van der Waals surface area (Å²) in [6.45, 7) is 3.49. The summed E-state index contributed by atoms with van der Waals surface area (Å²) in [5.41, 5.74) is 5.87. The van der Waals surface area contributed by atoms with Crippen molar-refractivity contribution in [2.24, 2.45) is 5.73 Å². The molecule has 0 saturated carbocycles. The number of carbonyl (C=O) groups excluding carboxylic acids is 1. The van der Waals surface area contributed by atoms with Crippen molar-refractivity contribution in [3.8, 4) is 0 Å². The fourth-order valence-corrected chi connectivity index (χ4v) is 1.40. The fourth-order valence-electron chi connectivity index (χ4n) is 1.40. The minimum Gasteiger partial charge on any atom is -0.480 e. The van der Waals surface area contributed by atoms with E-state index in [1.54, 1.807) is 18.2 Å². The molecular weight excluding hydrogens is 220 g/mol. The lowest BCUT2D eigenvalue weighted by atomic mass is 10.1. The number of para-hydroxylation sites is 1. The zero-order valence-electron chi connectivity index (χ0n) is 9.22. The van der Waals surface area contributed by atoms with Gasteiger partial charge in [0.1, 0.15) is 6.04 Å². The molecule has 4 N–H and O–H groups in total. The lowest BCUT2D eigenvalue weighted by Gasteiger charge is -2.15. The van der Waals surface area contributed by atoms with Crippen LogP contribution in [0.2, 0.25) is 0 Å². The van der Waals surface area contributed by atoms with Crippen LogP contribution in [0, 0.1) is 0 Å². The second kappa shape index (κ2) is 5.69. The van der Waals surface area contributed by atoms with E-state index < -0.39 is 17.9 Å². The molecule has 1 amide bonds. The van der Waals surface area contributed by atoms with Crippen LogP contribution in [0.5, 0.6) is 0 Å². The van der Waals surface area contributed by atoms with Gasteiger partial charge in [-0.05, 0) is 18.6 Å². The molecule has 0 aliphatic carbocycles. The van der Waals surface area contributed by atoms with Crippen LogP contribution < -0.4 is 11.1 Å². The molecule has 1 rings (SSSR count). The van der Waals surface area contributed by atoms with Gasteiger partial charge in [0.05, 0.1) is 5.56 Å². The predicted molar refractivity (Wildman–Crippen MR) is 64.8 cm³/mol. The molecule has 0 spiro atoms. The molecule has 1 unspecified atom stereocenters. The fraction of sp³-hybridized carbons (Fsp3) is 0.167. The van der Waals surface area contributed by atoms with E-state index in [0.717, 1.165) is 0 Å². The number of nitrogens with one attached hydrogen (secondary N) is 1. The third-order valence-electron chi connectivity index (χ3n) is 2.22. The number of hydrogen-bond donors (Lipinski definition) is 3. The van der Waals surface area contributed by atoms with E-state index in [0.29, 0.717) is 5.69 Å². The first kappa shape index (κ1) is 12.8. The summed E-state index contributed by atoms with van der Waals surface area (Å²) in [4.78, 5) is 22.1. The Labute approximate surface area is 98.9 Å². The minimum absolute atomic E-state index is 0.252. The third kappa shape index (κ3) is 3.34. The first-order chi connectivity index (χ1) is 8.06. The van der Waals surface area contributed by atoms with Crippen molar-refractivity contribution in [3.63, 3.8) is 0 Å². The molecule has 5 nitrogen and oxygen atoms in total. The average Bonchev–Trinajstić information content (AvgIpc) is 2.28. The summed E-state index contributed by atoms with van der Waals surface area (Å²) in [5.74, 6) is -1.61. The van der Waals surface area contributed by atoms with E-state index in [4.69, 9.17) is 10.8 Å². The van der Waals surface area contributed by atoms with Gasteiger partial charge in [0.2, 0.25) is 0 Å². The van der Waals surface area contributed by atoms with Crippen molar-refractivity contribution >= 4 is 17.6 Å². The maximum Gasteiger partial charge on any atom is 0.326 e. The number of carbonyl (C=O) groups is 2. The average molecular weight is 234 g/mol. The first-order valence-corrected chi connectivity index (χ1v) is 5.05. The highest BCUT2D eigenvalue weighted by Crippen LogP contribution is 2.16. The Hall–Kier alpha value is -2.30. The molecule has 1 aromatic rings. The molecule has 17 heavy (non-hydrogen) atoms. The number of primary amides is 1. The lowest BCUT2D eigenvalue weighted by Crippen LogP contribution is -2.29. The first-order valence-electron chi connectivity index (χ1n) is 5.05. The minimum atomic E-state index is -1.01. The van der Waals surface area contributed by atoms with Crippen LogP contribution in [-0.4, -0.2) is 23.0 Å². The summed E-state index contributed by atoms with van der Waals surface area (Å²) >= 11 is 0. The summed E-state index contributed by atoms with van der Waals surface area (Å²) in [7, 11) is 0. The van der Waals surface area contributed by atoms with Crippen LogP contribution in [0.15, 0.2) is 36.9 Å². The van der Waals surface area contributed by atoms with Gasteiger partial charge in [-0.25, -0.2) is 4.79 Å². The van der Waals surface area contributed by atoms with Crippen LogP contribution in [0.4, 0.5) is 5.69 Å². The topological polar surface area (TPSA) is 92.4 Å². The molecule has 90 valence electrons. The summed E-state index contributed by atoms with van der Waals surface area (Å²) in [6, 6.07) is 5.68. The van der Waals surface area contributed by atoms with Crippen LogP contribution in [0.1, 0.15) is 16.8 Å². The number of hydrogen-bond acceptors (Lipinski definition) is 3. The van der Waals surface area contributed by atoms with Crippen molar-refractivity contribution in [2.75, 3.05) is 5.32 Å². The Balaban J connectivity index is 2.96. The smallest absolute Gasteiger partial charge is 0.326 e. The Kier molecular flexibility index (Phi) is 4.28. The molecule has 0 heterocycles. The number of aliphatic carboxylic acids is 1. The largest absolute Gasteiger partial charge is 0.480 e. The molecule has 0 aliphatic rings. The van der Waals surface area contributed by atoms with E-state index in [1.807, 2.05) is 0 Å². The van der Waals surface area contributed by atoms with E-state index in [-0.39, 0.29) is 12.0 Å². The molecule has 0 aromatic heterocycles. The number of carboxylic acid groups (broad SMARTS) is 1. The Morgan fingerprint density at radius 3 is 2.65 bits per heavy atom. The zero-order chi connectivity index (χ0) is 12.8. The van der Waals surface area contributed by atoms with Gasteiger partial charge in [0, 0.05) is 5.69 Å². The van der Waals surface area contributed by atoms with Crippen molar-refractivity contribution in [1.82, 2.24) is 0 Å². The summed E-state index contributed by atoms with van der Waals surface area (Å²) in [5, 5.41) is 11.7. The van der Waals surface area contributed by atoms with Crippen molar-refractivity contribution in [2.45, 2.75) is 12.5 Å². The Bertz CT molecular complexity index is 443. The Morgan fingerprint density at radius 2 is 2.12 bits per heavy atom. The number of amides is 1. The van der Waals surface area contributed by atoms with E-state index >= 15 is 0 Å². The van der Waals surface area contributed by atoms with Crippen LogP contribution >= 0.6 is 0 Å². The van der Waals surface area contributed by atoms with Gasteiger partial charge < -0.3 is 16.2 Å². The van der Waals surface area contributed by atoms with Crippen molar-refractivity contribution in [3.05, 3.63) is 42.5 Å². The molecule has 0 fully saturated rings. The number of benzene rings is 1. The Morgan fingerprint density at radius 1 is 1.47 bits per heavy atom. The monoisotopic (exact) mass is 234 g/mol. The highest BCUT2D eigenvalue weighted by molar-refractivity contribution is 5.99. The molecule has 0 bridgehead atoms. The second-order valence-corrected chi connectivity index (χ2v) is 3.47. The number of rotatable bonds is 6. The van der Waals surface area contributed by atoms with Gasteiger partial charge in [-0.15, -0.1) is 6.58 Å². The molecular formula is C12H14N2O3. The molecule has 1 atom stereocenters.